The van der Waals surface area contributed by atoms with E-state index in [4.69, 9.17) is 4.74 Å². The number of alkyl halides is 3. The fraction of sp³-hybridized carbons (Fsp3) is 0.632. The van der Waals surface area contributed by atoms with Gasteiger partial charge in [0, 0.05) is 31.2 Å². The fourth-order valence-electron chi connectivity index (χ4n) is 3.44. The van der Waals surface area contributed by atoms with Crippen LogP contribution in [0.3, 0.4) is 0 Å². The summed E-state index contributed by atoms with van der Waals surface area (Å²) in [7, 11) is 0. The number of benzene rings is 1. The maximum Gasteiger partial charge on any atom is 0.573 e. The topological polar surface area (TPSA) is 50.8 Å². The van der Waals surface area contributed by atoms with Gasteiger partial charge in [-0.25, -0.2) is 0 Å². The molecular formula is C19H27F3N2O3. The van der Waals surface area contributed by atoms with Crippen LogP contribution in [0.5, 0.6) is 5.75 Å². The first-order valence-electron chi connectivity index (χ1n) is 9.29. The zero-order valence-electron chi connectivity index (χ0n) is 15.7. The van der Waals surface area contributed by atoms with E-state index in [0.717, 1.165) is 38.1 Å². The largest absolute Gasteiger partial charge is 0.573 e. The summed E-state index contributed by atoms with van der Waals surface area (Å²) in [5.74, 6) is -0.203. The van der Waals surface area contributed by atoms with Gasteiger partial charge in [0.2, 0.25) is 0 Å². The molecule has 8 heteroatoms. The van der Waals surface area contributed by atoms with Crippen molar-refractivity contribution >= 4 is 5.91 Å². The molecule has 1 amide bonds. The van der Waals surface area contributed by atoms with E-state index in [2.05, 4.69) is 28.8 Å². The highest BCUT2D eigenvalue weighted by molar-refractivity contribution is 5.94. The molecule has 1 N–H and O–H groups in total. The lowest BCUT2D eigenvalue weighted by atomic mass is 9.92. The Morgan fingerprint density at radius 2 is 1.78 bits per heavy atom. The summed E-state index contributed by atoms with van der Waals surface area (Å²) >= 11 is 0. The predicted octanol–water partition coefficient (Wildman–Crippen LogP) is 3.45. The van der Waals surface area contributed by atoms with Gasteiger partial charge >= 0.3 is 6.36 Å². The molecule has 1 atom stereocenters. The molecule has 0 unspecified atom stereocenters. The minimum absolute atomic E-state index is 0.209. The number of amides is 1. The minimum Gasteiger partial charge on any atom is -0.406 e. The number of carbonyl (C=O) groups excluding carboxylic acids is 1. The molecule has 0 radical (unpaired) electrons. The SMILES string of the molecule is CCC(CC)[C@@H](CNC(=O)c1ccc(OC(F)(F)F)cc1)N1CCOCC1. The summed E-state index contributed by atoms with van der Waals surface area (Å²) in [4.78, 5) is 14.8. The first-order valence-corrected chi connectivity index (χ1v) is 9.29. The van der Waals surface area contributed by atoms with E-state index >= 15 is 0 Å². The molecule has 0 aliphatic carbocycles. The first-order chi connectivity index (χ1) is 12.8. The molecule has 0 aromatic heterocycles. The van der Waals surface area contributed by atoms with Gasteiger partial charge in [-0.2, -0.15) is 0 Å². The first kappa shape index (κ1) is 21.5. The number of halogens is 3. The average Bonchev–Trinajstić information content (AvgIpc) is 2.65. The number of carbonyl (C=O) groups is 1. The van der Waals surface area contributed by atoms with Crippen molar-refractivity contribution in [2.75, 3.05) is 32.8 Å². The van der Waals surface area contributed by atoms with Crippen LogP contribution in [0.2, 0.25) is 0 Å². The molecule has 2 rings (SSSR count). The number of ether oxygens (including phenoxy) is 2. The maximum absolute atomic E-state index is 12.4. The number of nitrogens with zero attached hydrogens (tertiary/aromatic N) is 1. The second-order valence-corrected chi connectivity index (χ2v) is 6.57. The molecular weight excluding hydrogens is 361 g/mol. The van der Waals surface area contributed by atoms with E-state index in [-0.39, 0.29) is 17.7 Å². The number of morpholine rings is 1. The molecule has 152 valence electrons. The zero-order chi connectivity index (χ0) is 19.9. The molecule has 0 spiro atoms. The monoisotopic (exact) mass is 388 g/mol. The highest BCUT2D eigenvalue weighted by Gasteiger charge is 2.31. The molecule has 1 saturated heterocycles. The molecule has 1 aromatic carbocycles. The minimum atomic E-state index is -4.75. The van der Waals surface area contributed by atoms with Gasteiger partial charge in [-0.1, -0.05) is 26.7 Å². The van der Waals surface area contributed by atoms with Crippen LogP contribution in [0.25, 0.3) is 0 Å². The molecule has 1 aromatic rings. The molecule has 0 saturated carbocycles. The Morgan fingerprint density at radius 1 is 1.19 bits per heavy atom. The lowest BCUT2D eigenvalue weighted by molar-refractivity contribution is -0.274. The van der Waals surface area contributed by atoms with E-state index in [1.807, 2.05) is 0 Å². The smallest absolute Gasteiger partial charge is 0.406 e. The number of nitrogens with one attached hydrogen (secondary N) is 1. The van der Waals surface area contributed by atoms with Gasteiger partial charge in [0.15, 0.2) is 0 Å². The van der Waals surface area contributed by atoms with Crippen LogP contribution >= 0.6 is 0 Å². The number of hydrogen-bond donors (Lipinski definition) is 1. The third kappa shape index (κ3) is 6.70. The van der Waals surface area contributed by atoms with Crippen LogP contribution in [0.15, 0.2) is 24.3 Å². The van der Waals surface area contributed by atoms with Crippen LogP contribution < -0.4 is 10.1 Å². The lowest BCUT2D eigenvalue weighted by Gasteiger charge is -2.38. The standard InChI is InChI=1S/C19H27F3N2O3/c1-3-14(4-2)17(24-9-11-26-12-10-24)13-23-18(25)15-5-7-16(8-6-15)27-19(20,21)22/h5-8,14,17H,3-4,9-13H2,1-2H3,(H,23,25)/t17-/m1/s1. The zero-order valence-corrected chi connectivity index (χ0v) is 15.7. The summed E-state index contributed by atoms with van der Waals surface area (Å²) < 4.78 is 45.9. The number of hydrogen-bond acceptors (Lipinski definition) is 4. The van der Waals surface area contributed by atoms with Crippen molar-refractivity contribution in [3.05, 3.63) is 29.8 Å². The molecule has 1 aliphatic heterocycles. The summed E-state index contributed by atoms with van der Waals surface area (Å²) in [5.41, 5.74) is 0.301. The van der Waals surface area contributed by atoms with E-state index in [1.54, 1.807) is 0 Å². The van der Waals surface area contributed by atoms with Crippen molar-refractivity contribution in [3.8, 4) is 5.75 Å². The lowest BCUT2D eigenvalue weighted by Crippen LogP contribution is -2.52. The van der Waals surface area contributed by atoms with Crippen LogP contribution in [-0.2, 0) is 4.74 Å². The predicted molar refractivity (Wildman–Crippen MR) is 95.7 cm³/mol. The average molecular weight is 388 g/mol. The normalized spacial score (nSPS) is 17.0. The highest BCUT2D eigenvalue weighted by Crippen LogP contribution is 2.23. The second kappa shape index (κ2) is 9.94. The quantitative estimate of drug-likeness (QED) is 0.741. The van der Waals surface area contributed by atoms with Crippen LogP contribution in [0.1, 0.15) is 37.0 Å². The van der Waals surface area contributed by atoms with Gasteiger partial charge in [-0.15, -0.1) is 13.2 Å². The summed E-state index contributed by atoms with van der Waals surface area (Å²) in [6.07, 6.45) is -2.72. The highest BCUT2D eigenvalue weighted by atomic mass is 19.4. The Bertz CT molecular complexity index is 583. The van der Waals surface area contributed by atoms with Gasteiger partial charge in [0.05, 0.1) is 13.2 Å². The van der Waals surface area contributed by atoms with Crippen LogP contribution in [0, 0.1) is 5.92 Å². The molecule has 5 nitrogen and oxygen atoms in total. The molecule has 27 heavy (non-hydrogen) atoms. The van der Waals surface area contributed by atoms with Crippen molar-refractivity contribution in [1.29, 1.82) is 0 Å². The van der Waals surface area contributed by atoms with Gasteiger partial charge in [0.1, 0.15) is 5.75 Å². The Labute approximate surface area is 157 Å². The summed E-state index contributed by atoms with van der Waals surface area (Å²) in [5, 5.41) is 2.93. The Hall–Kier alpha value is -1.80. The summed E-state index contributed by atoms with van der Waals surface area (Å²) in [6.45, 7) is 7.81. The van der Waals surface area contributed by atoms with Gasteiger partial charge in [-0.05, 0) is 30.2 Å². The van der Waals surface area contributed by atoms with Crippen molar-refractivity contribution < 1.29 is 27.4 Å². The Balaban J connectivity index is 1.97. The number of rotatable bonds is 8. The van der Waals surface area contributed by atoms with Gasteiger partial charge in [-0.3, -0.25) is 9.69 Å². The Morgan fingerprint density at radius 3 is 2.30 bits per heavy atom. The summed E-state index contributed by atoms with van der Waals surface area (Å²) in [6, 6.07) is 5.15. The van der Waals surface area contributed by atoms with Crippen molar-refractivity contribution in [2.24, 2.45) is 5.92 Å². The molecule has 1 heterocycles. The van der Waals surface area contributed by atoms with Crippen LogP contribution in [0.4, 0.5) is 13.2 Å². The van der Waals surface area contributed by atoms with E-state index in [9.17, 15) is 18.0 Å². The third-order valence-corrected chi connectivity index (χ3v) is 4.93. The van der Waals surface area contributed by atoms with Crippen LogP contribution in [-0.4, -0.2) is 56.1 Å². The van der Waals surface area contributed by atoms with Crippen molar-refractivity contribution in [1.82, 2.24) is 10.2 Å². The third-order valence-electron chi connectivity index (χ3n) is 4.93. The molecule has 1 fully saturated rings. The van der Waals surface area contributed by atoms with E-state index < -0.39 is 6.36 Å². The van der Waals surface area contributed by atoms with Gasteiger partial charge < -0.3 is 14.8 Å². The molecule has 1 aliphatic rings. The van der Waals surface area contributed by atoms with Crippen molar-refractivity contribution in [2.45, 2.75) is 39.1 Å². The molecule has 0 bridgehead atoms. The van der Waals surface area contributed by atoms with Crippen molar-refractivity contribution in [3.63, 3.8) is 0 Å². The van der Waals surface area contributed by atoms with E-state index in [0.29, 0.717) is 31.2 Å². The second-order valence-electron chi connectivity index (χ2n) is 6.57. The van der Waals surface area contributed by atoms with Gasteiger partial charge in [0.25, 0.3) is 5.91 Å². The van der Waals surface area contributed by atoms with E-state index in [1.165, 1.54) is 12.1 Å². The maximum atomic E-state index is 12.4. The Kier molecular flexibility index (Phi) is 7.91. The fourth-order valence-corrected chi connectivity index (χ4v) is 3.44.